The van der Waals surface area contributed by atoms with Gasteiger partial charge >= 0.3 is 6.03 Å². The van der Waals surface area contributed by atoms with Gasteiger partial charge in [-0.3, -0.25) is 4.79 Å². The smallest absolute Gasteiger partial charge is 0.320 e. The SMILES string of the molecule is O=C(Cc1ccc(O)cc1)N1CCN(C(=O)N2CCNCC2)CC1. The van der Waals surface area contributed by atoms with E-state index in [1.165, 1.54) is 0 Å². The number of hydrogen-bond acceptors (Lipinski definition) is 4. The van der Waals surface area contributed by atoms with E-state index in [2.05, 4.69) is 5.32 Å². The number of nitrogens with one attached hydrogen (secondary N) is 1. The summed E-state index contributed by atoms with van der Waals surface area (Å²) in [5, 5.41) is 12.5. The molecule has 0 bridgehead atoms. The van der Waals surface area contributed by atoms with Gasteiger partial charge < -0.3 is 25.1 Å². The second-order valence-electron chi connectivity index (χ2n) is 6.23. The molecular weight excluding hydrogens is 308 g/mol. The maximum atomic E-state index is 12.4. The van der Waals surface area contributed by atoms with Gasteiger partial charge in [0.2, 0.25) is 5.91 Å². The van der Waals surface area contributed by atoms with E-state index in [-0.39, 0.29) is 17.7 Å². The van der Waals surface area contributed by atoms with E-state index < -0.39 is 0 Å². The molecule has 1 aromatic carbocycles. The highest BCUT2D eigenvalue weighted by molar-refractivity contribution is 5.79. The van der Waals surface area contributed by atoms with E-state index in [1.807, 2.05) is 14.7 Å². The second kappa shape index (κ2) is 7.53. The minimum absolute atomic E-state index is 0.0648. The lowest BCUT2D eigenvalue weighted by atomic mass is 10.1. The van der Waals surface area contributed by atoms with Crippen molar-refractivity contribution in [2.45, 2.75) is 6.42 Å². The number of carbonyl (C=O) groups is 2. The maximum absolute atomic E-state index is 12.4. The van der Waals surface area contributed by atoms with Crippen LogP contribution in [0.5, 0.6) is 5.75 Å². The lowest BCUT2D eigenvalue weighted by molar-refractivity contribution is -0.131. The normalized spacial score (nSPS) is 18.6. The minimum atomic E-state index is 0.0648. The van der Waals surface area contributed by atoms with Crippen LogP contribution in [0, 0.1) is 0 Å². The summed E-state index contributed by atoms with van der Waals surface area (Å²) >= 11 is 0. The number of urea groups is 1. The molecular formula is C17H24N4O3. The van der Waals surface area contributed by atoms with Crippen LogP contribution in [0.3, 0.4) is 0 Å². The quantitative estimate of drug-likeness (QED) is 0.806. The van der Waals surface area contributed by atoms with Crippen molar-refractivity contribution in [3.05, 3.63) is 29.8 Å². The highest BCUT2D eigenvalue weighted by Crippen LogP contribution is 2.12. The van der Waals surface area contributed by atoms with E-state index in [1.54, 1.807) is 24.3 Å². The van der Waals surface area contributed by atoms with Gasteiger partial charge in [-0.25, -0.2) is 4.79 Å². The van der Waals surface area contributed by atoms with E-state index in [9.17, 15) is 14.7 Å². The number of rotatable bonds is 2. The van der Waals surface area contributed by atoms with Gasteiger partial charge in [-0.1, -0.05) is 12.1 Å². The van der Waals surface area contributed by atoms with Crippen molar-refractivity contribution in [1.29, 1.82) is 0 Å². The number of hydrogen-bond donors (Lipinski definition) is 2. The Bertz CT molecular complexity index is 576. The number of phenolic OH excluding ortho intramolecular Hbond substituents is 1. The van der Waals surface area contributed by atoms with Crippen molar-refractivity contribution in [3.63, 3.8) is 0 Å². The monoisotopic (exact) mass is 332 g/mol. The van der Waals surface area contributed by atoms with Gasteiger partial charge in [-0.15, -0.1) is 0 Å². The van der Waals surface area contributed by atoms with Gasteiger partial charge in [0.05, 0.1) is 6.42 Å². The number of phenols is 1. The van der Waals surface area contributed by atoms with Crippen LogP contribution in [0.15, 0.2) is 24.3 Å². The standard InChI is InChI=1S/C17H24N4O3/c22-15-3-1-14(2-4-15)13-16(23)19-9-11-21(12-10-19)17(24)20-7-5-18-6-8-20/h1-4,18,22H,5-13H2. The summed E-state index contributed by atoms with van der Waals surface area (Å²) in [5.74, 6) is 0.265. The van der Waals surface area contributed by atoms with Gasteiger partial charge in [0.1, 0.15) is 5.75 Å². The first-order chi connectivity index (χ1) is 11.6. The topological polar surface area (TPSA) is 76.1 Å². The van der Waals surface area contributed by atoms with Crippen LogP contribution in [0.4, 0.5) is 4.79 Å². The Morgan fingerprint density at radius 3 is 2.04 bits per heavy atom. The number of benzene rings is 1. The molecule has 0 saturated carbocycles. The molecule has 3 amide bonds. The third-order valence-electron chi connectivity index (χ3n) is 4.58. The van der Waals surface area contributed by atoms with Gasteiger partial charge in [0.25, 0.3) is 0 Å². The van der Waals surface area contributed by atoms with Crippen LogP contribution in [-0.4, -0.2) is 84.1 Å². The van der Waals surface area contributed by atoms with Crippen molar-refractivity contribution in [2.75, 3.05) is 52.4 Å². The zero-order valence-corrected chi connectivity index (χ0v) is 13.8. The van der Waals surface area contributed by atoms with E-state index in [4.69, 9.17) is 0 Å². The van der Waals surface area contributed by atoms with E-state index in [0.717, 1.165) is 31.7 Å². The lowest BCUT2D eigenvalue weighted by Gasteiger charge is -2.38. The minimum Gasteiger partial charge on any atom is -0.508 e. The Morgan fingerprint density at radius 1 is 0.875 bits per heavy atom. The molecule has 0 spiro atoms. The molecule has 7 heteroatoms. The summed E-state index contributed by atoms with van der Waals surface area (Å²) in [4.78, 5) is 30.4. The van der Waals surface area contributed by atoms with Gasteiger partial charge in [0, 0.05) is 52.4 Å². The van der Waals surface area contributed by atoms with Crippen molar-refractivity contribution in [3.8, 4) is 5.75 Å². The summed E-state index contributed by atoms with van der Waals surface area (Å²) in [7, 11) is 0. The molecule has 7 nitrogen and oxygen atoms in total. The fourth-order valence-electron chi connectivity index (χ4n) is 3.10. The van der Waals surface area contributed by atoms with Gasteiger partial charge in [-0.05, 0) is 17.7 Å². The molecule has 0 radical (unpaired) electrons. The summed E-state index contributed by atoms with van der Waals surface area (Å²) in [6.45, 7) is 5.52. The molecule has 0 atom stereocenters. The van der Waals surface area contributed by atoms with Crippen molar-refractivity contribution in [2.24, 2.45) is 0 Å². The Kier molecular flexibility index (Phi) is 5.20. The van der Waals surface area contributed by atoms with Crippen LogP contribution < -0.4 is 5.32 Å². The predicted molar refractivity (Wildman–Crippen MR) is 89.8 cm³/mol. The van der Waals surface area contributed by atoms with Crippen molar-refractivity contribution in [1.82, 2.24) is 20.0 Å². The lowest BCUT2D eigenvalue weighted by Crippen LogP contribution is -2.57. The second-order valence-corrected chi connectivity index (χ2v) is 6.23. The Balaban J connectivity index is 1.48. The van der Waals surface area contributed by atoms with Gasteiger partial charge in [0.15, 0.2) is 0 Å². The Labute approximate surface area is 141 Å². The molecule has 2 fully saturated rings. The highest BCUT2D eigenvalue weighted by Gasteiger charge is 2.27. The molecule has 2 heterocycles. The molecule has 2 aliphatic rings. The molecule has 1 aromatic rings. The van der Waals surface area contributed by atoms with Crippen molar-refractivity contribution < 1.29 is 14.7 Å². The summed E-state index contributed by atoms with van der Waals surface area (Å²) in [5.41, 5.74) is 0.886. The number of carbonyl (C=O) groups excluding carboxylic acids is 2. The summed E-state index contributed by atoms with van der Waals surface area (Å²) in [6, 6.07) is 6.79. The molecule has 0 unspecified atom stereocenters. The number of amides is 3. The van der Waals surface area contributed by atoms with Crippen LogP contribution in [0.1, 0.15) is 5.56 Å². The first-order valence-corrected chi connectivity index (χ1v) is 8.44. The largest absolute Gasteiger partial charge is 0.508 e. The van der Waals surface area contributed by atoms with Crippen LogP contribution in [0.2, 0.25) is 0 Å². The number of nitrogens with zero attached hydrogens (tertiary/aromatic N) is 3. The molecule has 130 valence electrons. The maximum Gasteiger partial charge on any atom is 0.320 e. The van der Waals surface area contributed by atoms with Crippen LogP contribution in [0.25, 0.3) is 0 Å². The van der Waals surface area contributed by atoms with Crippen LogP contribution >= 0.6 is 0 Å². The third-order valence-corrected chi connectivity index (χ3v) is 4.58. The zero-order valence-electron chi connectivity index (χ0n) is 13.8. The molecule has 0 aromatic heterocycles. The average Bonchev–Trinajstić information content (AvgIpc) is 2.64. The van der Waals surface area contributed by atoms with Crippen LogP contribution in [-0.2, 0) is 11.2 Å². The third kappa shape index (κ3) is 3.97. The summed E-state index contributed by atoms with van der Waals surface area (Å²) < 4.78 is 0. The fraction of sp³-hybridized carbons (Fsp3) is 0.529. The predicted octanol–water partition coefficient (Wildman–Crippen LogP) is 0.104. The zero-order chi connectivity index (χ0) is 16.9. The van der Waals surface area contributed by atoms with Crippen molar-refractivity contribution >= 4 is 11.9 Å². The molecule has 24 heavy (non-hydrogen) atoms. The Morgan fingerprint density at radius 2 is 1.42 bits per heavy atom. The Hall–Kier alpha value is -2.28. The molecule has 2 saturated heterocycles. The van der Waals surface area contributed by atoms with E-state index in [0.29, 0.717) is 32.6 Å². The number of aromatic hydroxyl groups is 1. The van der Waals surface area contributed by atoms with E-state index >= 15 is 0 Å². The molecule has 0 aliphatic carbocycles. The first-order valence-electron chi connectivity index (χ1n) is 8.44. The fourth-order valence-corrected chi connectivity index (χ4v) is 3.10. The summed E-state index contributed by atoms with van der Waals surface area (Å²) in [6.07, 6.45) is 0.325. The highest BCUT2D eigenvalue weighted by atomic mass is 16.3. The van der Waals surface area contributed by atoms with Gasteiger partial charge in [-0.2, -0.15) is 0 Å². The molecule has 3 rings (SSSR count). The first kappa shape index (κ1) is 16.6. The molecule has 2 N–H and O–H groups in total. The molecule has 2 aliphatic heterocycles. The number of piperazine rings is 2. The average molecular weight is 332 g/mol.